The van der Waals surface area contributed by atoms with Crippen LogP contribution in [0.25, 0.3) is 0 Å². The molecule has 0 spiro atoms. The Labute approximate surface area is 158 Å². The minimum Gasteiger partial charge on any atom is -0.495 e. The zero-order chi connectivity index (χ0) is 20.0. The van der Waals surface area contributed by atoms with Crippen molar-refractivity contribution in [3.63, 3.8) is 0 Å². The molecule has 2 amide bonds. The van der Waals surface area contributed by atoms with Crippen LogP contribution < -0.4 is 15.4 Å². The molecule has 0 atom stereocenters. The third-order valence-corrected chi connectivity index (χ3v) is 4.20. The summed E-state index contributed by atoms with van der Waals surface area (Å²) >= 11 is 0. The maximum Gasteiger partial charge on any atom is 0.224 e. The van der Waals surface area contributed by atoms with Crippen LogP contribution in [0.3, 0.4) is 0 Å². The molecule has 0 aliphatic rings. The van der Waals surface area contributed by atoms with E-state index in [1.165, 1.54) is 14.0 Å². The maximum absolute atomic E-state index is 12.3. The van der Waals surface area contributed by atoms with Gasteiger partial charge in [0.25, 0.3) is 0 Å². The second-order valence-corrected chi connectivity index (χ2v) is 6.37. The Hall–Kier alpha value is -3.15. The van der Waals surface area contributed by atoms with Gasteiger partial charge in [0.05, 0.1) is 12.8 Å². The van der Waals surface area contributed by atoms with Crippen LogP contribution in [0.4, 0.5) is 11.4 Å². The molecule has 6 nitrogen and oxygen atoms in total. The van der Waals surface area contributed by atoms with E-state index in [1.54, 1.807) is 24.3 Å². The molecule has 0 radical (unpaired) electrons. The minimum absolute atomic E-state index is 0.0548. The van der Waals surface area contributed by atoms with Crippen molar-refractivity contribution in [1.82, 2.24) is 0 Å². The summed E-state index contributed by atoms with van der Waals surface area (Å²) in [4.78, 5) is 35.8. The minimum atomic E-state index is -0.301. The summed E-state index contributed by atoms with van der Waals surface area (Å²) in [6.45, 7) is 5.34. The molecule has 6 heteroatoms. The third-order valence-electron chi connectivity index (χ3n) is 4.20. The topological polar surface area (TPSA) is 84.5 Å². The molecule has 2 N–H and O–H groups in total. The maximum atomic E-state index is 12.3. The van der Waals surface area contributed by atoms with Crippen LogP contribution >= 0.6 is 0 Å². The molecule has 0 unspecified atom stereocenters. The van der Waals surface area contributed by atoms with Crippen LogP contribution in [0.15, 0.2) is 36.4 Å². The lowest BCUT2D eigenvalue weighted by Gasteiger charge is -2.12. The smallest absolute Gasteiger partial charge is 0.224 e. The van der Waals surface area contributed by atoms with Crippen molar-refractivity contribution >= 4 is 29.0 Å². The number of rotatable bonds is 7. The number of methoxy groups -OCH3 is 1. The van der Waals surface area contributed by atoms with E-state index in [2.05, 4.69) is 10.6 Å². The Bertz CT molecular complexity index is 874. The molecule has 2 aromatic rings. The Morgan fingerprint density at radius 1 is 0.926 bits per heavy atom. The van der Waals surface area contributed by atoms with E-state index in [-0.39, 0.29) is 30.4 Å². The van der Waals surface area contributed by atoms with Gasteiger partial charge in [-0.1, -0.05) is 12.1 Å². The summed E-state index contributed by atoms with van der Waals surface area (Å²) in [5.74, 6) is -0.118. The standard InChI is InChI=1S/C21H24N2O4/c1-13-5-6-16(11-14(13)2)19(25)8-10-21(26)23-18-12-17(22-15(3)24)7-9-20(18)27-4/h5-7,9,11-12H,8,10H2,1-4H3,(H,22,24)(H,23,26). The molecule has 0 aromatic heterocycles. The number of ketones is 1. The quantitative estimate of drug-likeness (QED) is 0.727. The number of nitrogens with one attached hydrogen (secondary N) is 2. The van der Waals surface area contributed by atoms with E-state index in [1.807, 2.05) is 26.0 Å². The predicted octanol–water partition coefficient (Wildman–Crippen LogP) is 3.87. The fourth-order valence-corrected chi connectivity index (χ4v) is 2.59. The first-order chi connectivity index (χ1) is 12.8. The molecule has 0 saturated carbocycles. The number of hydrogen-bond donors (Lipinski definition) is 2. The molecule has 27 heavy (non-hydrogen) atoms. The van der Waals surface area contributed by atoms with Crippen molar-refractivity contribution in [2.24, 2.45) is 0 Å². The Kier molecular flexibility index (Phi) is 6.71. The number of benzene rings is 2. The summed E-state index contributed by atoms with van der Waals surface area (Å²) in [5.41, 5.74) is 3.76. The van der Waals surface area contributed by atoms with Crippen LogP contribution in [0.5, 0.6) is 5.75 Å². The van der Waals surface area contributed by atoms with Crippen LogP contribution in [0.2, 0.25) is 0 Å². The van der Waals surface area contributed by atoms with Crippen molar-refractivity contribution in [2.45, 2.75) is 33.6 Å². The van der Waals surface area contributed by atoms with Crippen LogP contribution in [0, 0.1) is 13.8 Å². The van der Waals surface area contributed by atoms with Crippen LogP contribution in [-0.4, -0.2) is 24.7 Å². The number of amides is 2. The van der Waals surface area contributed by atoms with Crippen molar-refractivity contribution < 1.29 is 19.1 Å². The Balaban J connectivity index is 2.01. The van der Waals surface area contributed by atoms with Crippen molar-refractivity contribution in [1.29, 1.82) is 0 Å². The second kappa shape index (κ2) is 8.98. The van der Waals surface area contributed by atoms with Crippen molar-refractivity contribution in [2.75, 3.05) is 17.7 Å². The molecule has 0 aliphatic heterocycles. The number of Topliss-reactive ketones (excluding diaryl/α,β-unsaturated/α-hetero) is 1. The van der Waals surface area contributed by atoms with E-state index < -0.39 is 0 Å². The van der Waals surface area contributed by atoms with Gasteiger partial charge in [0, 0.05) is 31.0 Å². The van der Waals surface area contributed by atoms with E-state index in [9.17, 15) is 14.4 Å². The highest BCUT2D eigenvalue weighted by atomic mass is 16.5. The van der Waals surface area contributed by atoms with E-state index in [0.717, 1.165) is 11.1 Å². The van der Waals surface area contributed by atoms with E-state index >= 15 is 0 Å². The van der Waals surface area contributed by atoms with Gasteiger partial charge in [-0.3, -0.25) is 14.4 Å². The van der Waals surface area contributed by atoms with Gasteiger partial charge < -0.3 is 15.4 Å². The summed E-state index contributed by atoms with van der Waals surface area (Å²) in [5, 5.41) is 5.39. The molecular formula is C21H24N2O4. The Morgan fingerprint density at radius 3 is 2.30 bits per heavy atom. The fourth-order valence-electron chi connectivity index (χ4n) is 2.59. The molecule has 0 fully saturated rings. The molecule has 0 heterocycles. The average Bonchev–Trinajstić information content (AvgIpc) is 2.61. The van der Waals surface area contributed by atoms with Gasteiger partial charge in [0.1, 0.15) is 5.75 Å². The van der Waals surface area contributed by atoms with Gasteiger partial charge in [0.15, 0.2) is 5.78 Å². The van der Waals surface area contributed by atoms with Crippen molar-refractivity contribution in [3.05, 3.63) is 53.1 Å². The van der Waals surface area contributed by atoms with E-state index in [4.69, 9.17) is 4.74 Å². The fraction of sp³-hybridized carbons (Fsp3) is 0.286. The lowest BCUT2D eigenvalue weighted by Crippen LogP contribution is -2.15. The summed E-state index contributed by atoms with van der Waals surface area (Å²) in [7, 11) is 1.49. The summed E-state index contributed by atoms with van der Waals surface area (Å²) in [6, 6.07) is 10.5. The number of carbonyl (C=O) groups excluding carboxylic acids is 3. The van der Waals surface area contributed by atoms with E-state index in [0.29, 0.717) is 22.7 Å². The number of aryl methyl sites for hydroxylation is 2. The van der Waals surface area contributed by atoms with Gasteiger partial charge >= 0.3 is 0 Å². The average molecular weight is 368 g/mol. The SMILES string of the molecule is COc1ccc(NC(C)=O)cc1NC(=O)CCC(=O)c1ccc(C)c(C)c1. The predicted molar refractivity (Wildman–Crippen MR) is 105 cm³/mol. The Morgan fingerprint density at radius 2 is 1.67 bits per heavy atom. The zero-order valence-electron chi connectivity index (χ0n) is 16.0. The van der Waals surface area contributed by atoms with Gasteiger partial charge in [-0.2, -0.15) is 0 Å². The van der Waals surface area contributed by atoms with Crippen molar-refractivity contribution in [3.8, 4) is 5.75 Å². The molecule has 0 saturated heterocycles. The lowest BCUT2D eigenvalue weighted by molar-refractivity contribution is -0.116. The third kappa shape index (κ3) is 5.67. The summed E-state index contributed by atoms with van der Waals surface area (Å²) < 4.78 is 5.23. The number of carbonyl (C=O) groups is 3. The first-order valence-corrected chi connectivity index (χ1v) is 8.66. The highest BCUT2D eigenvalue weighted by Gasteiger charge is 2.13. The summed E-state index contributed by atoms with van der Waals surface area (Å²) in [6.07, 6.45) is 0.168. The first-order valence-electron chi connectivity index (χ1n) is 8.66. The van der Waals surface area contributed by atoms with Crippen LogP contribution in [0.1, 0.15) is 41.3 Å². The highest BCUT2D eigenvalue weighted by molar-refractivity contribution is 6.01. The number of ether oxygens (including phenoxy) is 1. The molecule has 2 aromatic carbocycles. The number of hydrogen-bond acceptors (Lipinski definition) is 4. The lowest BCUT2D eigenvalue weighted by atomic mass is 10.0. The zero-order valence-corrected chi connectivity index (χ0v) is 16.0. The molecule has 142 valence electrons. The molecule has 2 rings (SSSR count). The molecule has 0 bridgehead atoms. The first kappa shape index (κ1) is 20.2. The largest absolute Gasteiger partial charge is 0.495 e. The van der Waals surface area contributed by atoms with Gasteiger partial charge in [-0.05, 0) is 49.2 Å². The second-order valence-electron chi connectivity index (χ2n) is 6.37. The molecular weight excluding hydrogens is 344 g/mol. The van der Waals surface area contributed by atoms with Gasteiger partial charge in [-0.15, -0.1) is 0 Å². The molecule has 0 aliphatic carbocycles. The van der Waals surface area contributed by atoms with Gasteiger partial charge in [-0.25, -0.2) is 0 Å². The van der Waals surface area contributed by atoms with Gasteiger partial charge in [0.2, 0.25) is 11.8 Å². The van der Waals surface area contributed by atoms with Crippen LogP contribution in [-0.2, 0) is 9.59 Å². The normalized spacial score (nSPS) is 10.2. The number of anilines is 2. The highest BCUT2D eigenvalue weighted by Crippen LogP contribution is 2.28. The monoisotopic (exact) mass is 368 g/mol.